The summed E-state index contributed by atoms with van der Waals surface area (Å²) in [5.41, 5.74) is -1.57. The normalized spacial score (nSPS) is 35.4. The number of hydrogen-bond donors (Lipinski definition) is 1. The SMILES string of the molecule is Cc1c(C(F)(F)F)cccc1C1(O)CC2CCCC(C1)S2=O. The minimum absolute atomic E-state index is 0.0863. The van der Waals surface area contributed by atoms with Gasteiger partial charge in [0.05, 0.1) is 11.2 Å². The van der Waals surface area contributed by atoms with Gasteiger partial charge in [-0.3, -0.25) is 4.21 Å². The summed E-state index contributed by atoms with van der Waals surface area (Å²) in [6.45, 7) is 1.41. The van der Waals surface area contributed by atoms with Gasteiger partial charge >= 0.3 is 6.18 Å². The molecule has 1 aromatic rings. The molecular weight excluding hydrogens is 313 g/mol. The van der Waals surface area contributed by atoms with E-state index < -0.39 is 28.1 Å². The first kappa shape index (κ1) is 16.0. The molecule has 6 heteroatoms. The van der Waals surface area contributed by atoms with Crippen LogP contribution in [0.25, 0.3) is 0 Å². The summed E-state index contributed by atoms with van der Waals surface area (Å²) in [5.74, 6) is 0. The molecule has 2 bridgehead atoms. The zero-order chi connectivity index (χ0) is 16.1. The third-order valence-electron chi connectivity index (χ3n) is 4.98. The largest absolute Gasteiger partial charge is 0.416 e. The lowest BCUT2D eigenvalue weighted by Crippen LogP contribution is -2.47. The average molecular weight is 332 g/mol. The summed E-state index contributed by atoms with van der Waals surface area (Å²) in [4.78, 5) is 0. The molecule has 0 saturated carbocycles. The van der Waals surface area contributed by atoms with Crippen molar-refractivity contribution < 1.29 is 22.5 Å². The second kappa shape index (κ2) is 5.34. The van der Waals surface area contributed by atoms with Gasteiger partial charge in [0.15, 0.2) is 0 Å². The van der Waals surface area contributed by atoms with Gasteiger partial charge in [-0.25, -0.2) is 0 Å². The monoisotopic (exact) mass is 332 g/mol. The van der Waals surface area contributed by atoms with Crippen LogP contribution in [0.3, 0.4) is 0 Å². The van der Waals surface area contributed by atoms with Gasteiger partial charge in [-0.15, -0.1) is 0 Å². The van der Waals surface area contributed by atoms with Gasteiger partial charge < -0.3 is 5.11 Å². The standard InChI is InChI=1S/C16H19F3O2S/c1-10-13(6-3-7-14(10)16(17,18)19)15(20)8-11-4-2-5-12(9-15)22(11)21/h3,6-7,11-12,20H,2,4-5,8-9H2,1H3. The summed E-state index contributed by atoms with van der Waals surface area (Å²) in [6.07, 6.45) is -1.30. The van der Waals surface area contributed by atoms with Crippen LogP contribution in [0.4, 0.5) is 13.2 Å². The van der Waals surface area contributed by atoms with Crippen LogP contribution in [0.2, 0.25) is 0 Å². The van der Waals surface area contributed by atoms with E-state index in [1.165, 1.54) is 13.0 Å². The smallest absolute Gasteiger partial charge is 0.385 e. The third-order valence-corrected chi connectivity index (χ3v) is 7.10. The van der Waals surface area contributed by atoms with Crippen molar-refractivity contribution in [2.75, 3.05) is 0 Å². The highest BCUT2D eigenvalue weighted by Gasteiger charge is 2.47. The van der Waals surface area contributed by atoms with Crippen molar-refractivity contribution in [2.24, 2.45) is 0 Å². The molecule has 0 aliphatic carbocycles. The van der Waals surface area contributed by atoms with Gasteiger partial charge in [0, 0.05) is 21.3 Å². The van der Waals surface area contributed by atoms with Crippen LogP contribution in [-0.4, -0.2) is 19.8 Å². The van der Waals surface area contributed by atoms with Crippen molar-refractivity contribution >= 4 is 10.8 Å². The molecule has 1 N–H and O–H groups in total. The van der Waals surface area contributed by atoms with Crippen molar-refractivity contribution in [3.8, 4) is 0 Å². The summed E-state index contributed by atoms with van der Waals surface area (Å²) < 4.78 is 51.5. The predicted molar refractivity (Wildman–Crippen MR) is 78.9 cm³/mol. The lowest BCUT2D eigenvalue weighted by Gasteiger charge is -2.44. The Hall–Kier alpha value is -0.880. The van der Waals surface area contributed by atoms with Crippen molar-refractivity contribution in [1.82, 2.24) is 0 Å². The molecule has 2 unspecified atom stereocenters. The lowest BCUT2D eigenvalue weighted by molar-refractivity contribution is -0.138. The van der Waals surface area contributed by atoms with Gasteiger partial charge in [-0.1, -0.05) is 18.6 Å². The van der Waals surface area contributed by atoms with Crippen LogP contribution in [0.1, 0.15) is 48.8 Å². The van der Waals surface area contributed by atoms with Crippen molar-refractivity contribution in [3.63, 3.8) is 0 Å². The van der Waals surface area contributed by atoms with E-state index in [0.29, 0.717) is 5.56 Å². The van der Waals surface area contributed by atoms with E-state index in [0.717, 1.165) is 25.3 Å². The van der Waals surface area contributed by atoms with Crippen molar-refractivity contribution in [3.05, 3.63) is 34.9 Å². The van der Waals surface area contributed by atoms with Crippen LogP contribution in [0.15, 0.2) is 18.2 Å². The molecule has 2 atom stereocenters. The Morgan fingerprint density at radius 2 is 1.82 bits per heavy atom. The third kappa shape index (κ3) is 2.60. The van der Waals surface area contributed by atoms with Crippen molar-refractivity contribution in [2.45, 2.75) is 61.3 Å². The Bertz CT molecular complexity index is 596. The minimum atomic E-state index is -4.43. The fourth-order valence-electron chi connectivity index (χ4n) is 3.95. The molecule has 2 saturated heterocycles. The van der Waals surface area contributed by atoms with Crippen LogP contribution in [0.5, 0.6) is 0 Å². The van der Waals surface area contributed by atoms with E-state index in [-0.39, 0.29) is 28.9 Å². The molecular formula is C16H19F3O2S. The van der Waals surface area contributed by atoms with E-state index >= 15 is 0 Å². The number of hydrogen-bond acceptors (Lipinski definition) is 2. The molecule has 2 heterocycles. The first-order valence-electron chi connectivity index (χ1n) is 7.51. The highest BCUT2D eigenvalue weighted by Crippen LogP contribution is 2.46. The summed E-state index contributed by atoms with van der Waals surface area (Å²) in [5, 5.41) is 10.8. The lowest BCUT2D eigenvalue weighted by atomic mass is 9.78. The topological polar surface area (TPSA) is 37.3 Å². The molecule has 2 aliphatic heterocycles. The van der Waals surface area contributed by atoms with E-state index in [1.807, 2.05) is 0 Å². The number of aliphatic hydroxyl groups is 1. The molecule has 122 valence electrons. The van der Waals surface area contributed by atoms with E-state index in [9.17, 15) is 22.5 Å². The van der Waals surface area contributed by atoms with E-state index in [1.54, 1.807) is 6.07 Å². The molecule has 2 nitrogen and oxygen atoms in total. The van der Waals surface area contributed by atoms with Gasteiger partial charge in [-0.2, -0.15) is 13.2 Å². The summed E-state index contributed by atoms with van der Waals surface area (Å²) in [6, 6.07) is 3.98. The molecule has 0 radical (unpaired) electrons. The number of alkyl halides is 3. The van der Waals surface area contributed by atoms with Gasteiger partial charge in [0.1, 0.15) is 0 Å². The maximum Gasteiger partial charge on any atom is 0.416 e. The van der Waals surface area contributed by atoms with E-state index in [4.69, 9.17) is 0 Å². The highest BCUT2D eigenvalue weighted by molar-refractivity contribution is 7.86. The van der Waals surface area contributed by atoms with Crippen LogP contribution in [-0.2, 0) is 22.6 Å². The fraction of sp³-hybridized carbons (Fsp3) is 0.625. The van der Waals surface area contributed by atoms with Crippen LogP contribution < -0.4 is 0 Å². The molecule has 22 heavy (non-hydrogen) atoms. The van der Waals surface area contributed by atoms with E-state index in [2.05, 4.69) is 0 Å². The molecule has 1 aromatic carbocycles. The number of halogens is 3. The Labute approximate surface area is 130 Å². The van der Waals surface area contributed by atoms with Crippen LogP contribution >= 0.6 is 0 Å². The maximum absolute atomic E-state index is 13.1. The second-order valence-electron chi connectivity index (χ2n) is 6.42. The molecule has 0 aromatic heterocycles. The Morgan fingerprint density at radius 1 is 1.23 bits per heavy atom. The first-order valence-corrected chi connectivity index (χ1v) is 8.79. The van der Waals surface area contributed by atoms with Gasteiger partial charge in [0.25, 0.3) is 0 Å². The number of fused-ring (bicyclic) bond motifs is 2. The Kier molecular flexibility index (Phi) is 3.88. The number of rotatable bonds is 1. The fourth-order valence-corrected chi connectivity index (χ4v) is 6.17. The van der Waals surface area contributed by atoms with Crippen LogP contribution in [0, 0.1) is 6.92 Å². The minimum Gasteiger partial charge on any atom is -0.385 e. The Morgan fingerprint density at radius 3 is 2.36 bits per heavy atom. The quantitative estimate of drug-likeness (QED) is 0.852. The molecule has 0 spiro atoms. The van der Waals surface area contributed by atoms with Crippen molar-refractivity contribution in [1.29, 1.82) is 0 Å². The predicted octanol–water partition coefficient (Wildman–Crippen LogP) is 3.67. The second-order valence-corrected chi connectivity index (χ2v) is 8.41. The Balaban J connectivity index is 2.02. The van der Waals surface area contributed by atoms with Gasteiger partial charge in [0.2, 0.25) is 0 Å². The summed E-state index contributed by atoms with van der Waals surface area (Å²) in [7, 11) is -0.968. The zero-order valence-corrected chi connectivity index (χ0v) is 13.1. The van der Waals surface area contributed by atoms with Gasteiger partial charge in [-0.05, 0) is 49.8 Å². The molecule has 2 fully saturated rings. The summed E-state index contributed by atoms with van der Waals surface area (Å²) >= 11 is 0. The molecule has 3 rings (SSSR count). The zero-order valence-electron chi connectivity index (χ0n) is 12.3. The first-order chi connectivity index (χ1) is 10.2. The molecule has 0 amide bonds. The molecule has 2 aliphatic rings. The number of benzene rings is 1. The average Bonchev–Trinajstić information content (AvgIpc) is 2.39. The maximum atomic E-state index is 13.1. The highest BCUT2D eigenvalue weighted by atomic mass is 32.2.